The zero-order valence-corrected chi connectivity index (χ0v) is 4.57. The van der Waals surface area contributed by atoms with Gasteiger partial charge in [-0.3, -0.25) is 0 Å². The van der Waals surface area contributed by atoms with Crippen molar-refractivity contribution in [2.75, 3.05) is 27.2 Å². The number of nitrogens with two attached hydrogens (primary N) is 2. The van der Waals surface area contributed by atoms with Crippen LogP contribution in [0.15, 0.2) is 0 Å². The molecule has 6 heavy (non-hydrogen) atoms. The van der Waals surface area contributed by atoms with E-state index in [0.717, 1.165) is 0 Å². The topological polar surface area (TPSA) is 33.2 Å². The molecule has 0 spiro atoms. The van der Waals surface area contributed by atoms with Gasteiger partial charge < -0.3 is 10.6 Å². The zero-order chi connectivity index (χ0) is 4.83. The summed E-state index contributed by atoms with van der Waals surface area (Å²) in [6.45, 7) is 2.47. The molecule has 4 N–H and O–H groups in total. The summed E-state index contributed by atoms with van der Waals surface area (Å²) in [5.41, 5.74) is 0. The Balaban J connectivity index is 2.34. The molecule has 0 radical (unpaired) electrons. The normalized spacial score (nSPS) is 9.00. The minimum absolute atomic E-state index is 1.23. The lowest BCUT2D eigenvalue weighted by molar-refractivity contribution is -0.698. The van der Waals surface area contributed by atoms with Crippen molar-refractivity contribution in [1.29, 1.82) is 0 Å². The van der Waals surface area contributed by atoms with E-state index in [0.29, 0.717) is 0 Å². The molecule has 0 fully saturated rings. The number of hydrogen-bond donors (Lipinski definition) is 2. The second-order valence-electron chi connectivity index (χ2n) is 1.39. The first-order valence-electron chi connectivity index (χ1n) is 2.47. The fraction of sp³-hybridized carbons (Fsp3) is 1.00. The lowest BCUT2D eigenvalue weighted by Gasteiger charge is -1.87. The van der Waals surface area contributed by atoms with Crippen molar-refractivity contribution in [3.8, 4) is 0 Å². The van der Waals surface area contributed by atoms with Crippen LogP contribution in [0.4, 0.5) is 0 Å². The lowest BCUT2D eigenvalue weighted by atomic mass is 10.6. The summed E-state index contributed by atoms with van der Waals surface area (Å²) < 4.78 is 0. The highest BCUT2D eigenvalue weighted by Gasteiger charge is 1.78. The molecule has 2 heteroatoms. The fourth-order valence-electron chi connectivity index (χ4n) is 0.333. The van der Waals surface area contributed by atoms with Crippen LogP contribution in [0, 0.1) is 0 Å². The smallest absolute Gasteiger partial charge is 0.125 e. The summed E-state index contributed by atoms with van der Waals surface area (Å²) in [4.78, 5) is 0. The van der Waals surface area contributed by atoms with Gasteiger partial charge in [0.2, 0.25) is 0 Å². The average Bonchev–Trinajstić information content (AvgIpc) is 1.61. The highest BCUT2D eigenvalue weighted by atomic mass is 14.9. The van der Waals surface area contributed by atoms with Crippen LogP contribution in [0.2, 0.25) is 0 Å². The minimum Gasteiger partial charge on any atom is -0.344 e. The first-order valence-corrected chi connectivity index (χ1v) is 2.47. The molecule has 0 aliphatic rings. The Bertz CT molecular complexity index is 17.5. The third kappa shape index (κ3) is 3.92. The van der Waals surface area contributed by atoms with E-state index in [1.807, 2.05) is 0 Å². The molecule has 0 aromatic heterocycles. The molecule has 0 aromatic rings. The zero-order valence-electron chi connectivity index (χ0n) is 4.57. The first-order chi connectivity index (χ1) is 2.91. The van der Waals surface area contributed by atoms with Crippen molar-refractivity contribution in [1.82, 2.24) is 0 Å². The third-order valence-electron chi connectivity index (χ3n) is 0.744. The van der Waals surface area contributed by atoms with E-state index in [-0.39, 0.29) is 0 Å². The van der Waals surface area contributed by atoms with Gasteiger partial charge in [-0.25, -0.2) is 0 Å². The quantitative estimate of drug-likeness (QED) is 0.356. The second-order valence-corrected chi connectivity index (χ2v) is 1.39. The minimum atomic E-state index is 1.23. The molecule has 2 nitrogen and oxygen atoms in total. The predicted molar refractivity (Wildman–Crippen MR) is 25.4 cm³/mol. The Morgan fingerprint density at radius 2 is 1.33 bits per heavy atom. The summed E-state index contributed by atoms with van der Waals surface area (Å²) in [5.74, 6) is 0. The summed E-state index contributed by atoms with van der Waals surface area (Å²) in [5, 5.41) is 4.36. The van der Waals surface area contributed by atoms with E-state index in [1.165, 1.54) is 13.1 Å². The van der Waals surface area contributed by atoms with Crippen molar-refractivity contribution in [3.63, 3.8) is 0 Å². The molecule has 0 unspecified atom stereocenters. The predicted octanol–water partition coefficient (Wildman–Crippen LogP) is -2.63. The molecular formula is C4H14N2+2. The van der Waals surface area contributed by atoms with E-state index >= 15 is 0 Å². The van der Waals surface area contributed by atoms with E-state index in [9.17, 15) is 0 Å². The van der Waals surface area contributed by atoms with Crippen molar-refractivity contribution in [3.05, 3.63) is 0 Å². The van der Waals surface area contributed by atoms with Crippen LogP contribution in [0.5, 0.6) is 0 Å². The summed E-state index contributed by atoms with van der Waals surface area (Å²) in [7, 11) is 4.17. The molecule has 0 heterocycles. The van der Waals surface area contributed by atoms with Gasteiger partial charge in [0.25, 0.3) is 0 Å². The Kier molecular flexibility index (Phi) is 4.85. The molecule has 0 rings (SSSR count). The van der Waals surface area contributed by atoms with E-state index in [1.54, 1.807) is 0 Å². The van der Waals surface area contributed by atoms with Gasteiger partial charge in [-0.05, 0) is 0 Å². The van der Waals surface area contributed by atoms with E-state index < -0.39 is 0 Å². The van der Waals surface area contributed by atoms with Gasteiger partial charge in [0, 0.05) is 0 Å². The molecular weight excluding hydrogens is 76.1 g/mol. The number of quaternary nitrogens is 2. The SMILES string of the molecule is C[NH2+]CC[NH2+]C. The highest BCUT2D eigenvalue weighted by Crippen LogP contribution is 1.21. The van der Waals surface area contributed by atoms with E-state index in [4.69, 9.17) is 0 Å². The van der Waals surface area contributed by atoms with Crippen LogP contribution in [-0.2, 0) is 0 Å². The molecule has 0 atom stereocenters. The van der Waals surface area contributed by atoms with Crippen LogP contribution >= 0.6 is 0 Å². The van der Waals surface area contributed by atoms with Gasteiger partial charge >= 0.3 is 0 Å². The van der Waals surface area contributed by atoms with Gasteiger partial charge in [0.05, 0.1) is 14.1 Å². The fourth-order valence-corrected chi connectivity index (χ4v) is 0.333. The number of rotatable bonds is 3. The standard InChI is InChI=1S/C4H12N2/c1-5-3-4-6-2/h5-6H,3-4H2,1-2H3/p+2. The summed E-state index contributed by atoms with van der Waals surface area (Å²) in [6.07, 6.45) is 0. The van der Waals surface area contributed by atoms with Gasteiger partial charge in [-0.2, -0.15) is 0 Å². The monoisotopic (exact) mass is 90.1 g/mol. The Hall–Kier alpha value is -0.0800. The number of hydrogen-bond acceptors (Lipinski definition) is 0. The Labute approximate surface area is 38.9 Å². The maximum absolute atomic E-state index is 2.18. The third-order valence-corrected chi connectivity index (χ3v) is 0.744. The maximum Gasteiger partial charge on any atom is 0.125 e. The van der Waals surface area contributed by atoms with Gasteiger partial charge in [-0.15, -0.1) is 0 Å². The highest BCUT2D eigenvalue weighted by molar-refractivity contribution is 4.06. The van der Waals surface area contributed by atoms with Crippen molar-refractivity contribution >= 4 is 0 Å². The summed E-state index contributed by atoms with van der Waals surface area (Å²) in [6, 6.07) is 0. The number of likely N-dealkylation sites (N-methyl/N-ethyl adjacent to an activating group) is 2. The molecule has 38 valence electrons. The van der Waals surface area contributed by atoms with E-state index in [2.05, 4.69) is 24.7 Å². The van der Waals surface area contributed by atoms with Crippen LogP contribution < -0.4 is 10.6 Å². The maximum atomic E-state index is 2.18. The molecule has 0 amide bonds. The second kappa shape index (κ2) is 4.92. The van der Waals surface area contributed by atoms with Crippen molar-refractivity contribution in [2.45, 2.75) is 0 Å². The Morgan fingerprint density at radius 1 is 1.00 bits per heavy atom. The largest absolute Gasteiger partial charge is 0.344 e. The first kappa shape index (κ1) is 5.92. The molecule has 0 aliphatic heterocycles. The Morgan fingerprint density at radius 3 is 1.50 bits per heavy atom. The van der Waals surface area contributed by atoms with Crippen molar-refractivity contribution in [2.24, 2.45) is 0 Å². The summed E-state index contributed by atoms with van der Waals surface area (Å²) >= 11 is 0. The van der Waals surface area contributed by atoms with Crippen LogP contribution in [0.25, 0.3) is 0 Å². The van der Waals surface area contributed by atoms with Crippen LogP contribution in [-0.4, -0.2) is 27.2 Å². The molecule has 0 aliphatic carbocycles. The van der Waals surface area contributed by atoms with Crippen LogP contribution in [0.3, 0.4) is 0 Å². The molecule has 0 saturated heterocycles. The molecule has 0 bridgehead atoms. The molecule has 0 saturated carbocycles. The lowest BCUT2D eigenvalue weighted by Crippen LogP contribution is -2.91. The van der Waals surface area contributed by atoms with Gasteiger partial charge in [0.1, 0.15) is 13.1 Å². The molecule has 0 aromatic carbocycles. The van der Waals surface area contributed by atoms with Crippen LogP contribution in [0.1, 0.15) is 0 Å². The van der Waals surface area contributed by atoms with Gasteiger partial charge in [-0.1, -0.05) is 0 Å². The van der Waals surface area contributed by atoms with Gasteiger partial charge in [0.15, 0.2) is 0 Å². The average molecular weight is 90.2 g/mol. The van der Waals surface area contributed by atoms with Crippen molar-refractivity contribution < 1.29 is 10.6 Å².